The van der Waals surface area contributed by atoms with E-state index in [-0.39, 0.29) is 17.9 Å². The highest BCUT2D eigenvalue weighted by Crippen LogP contribution is 2.29. The fourth-order valence-electron chi connectivity index (χ4n) is 1.70. The van der Waals surface area contributed by atoms with Crippen molar-refractivity contribution >= 4 is 5.91 Å². The van der Waals surface area contributed by atoms with Gasteiger partial charge in [-0.25, -0.2) is 0 Å². The topological polar surface area (TPSA) is 29.1 Å². The van der Waals surface area contributed by atoms with E-state index >= 15 is 0 Å². The van der Waals surface area contributed by atoms with Gasteiger partial charge in [0.1, 0.15) is 0 Å². The van der Waals surface area contributed by atoms with Crippen LogP contribution in [-0.4, -0.2) is 5.91 Å². The quantitative estimate of drug-likeness (QED) is 0.803. The third-order valence-corrected chi connectivity index (χ3v) is 2.85. The number of amides is 1. The predicted octanol–water partition coefficient (Wildman–Crippen LogP) is 2.58. The molecule has 1 aromatic rings. The summed E-state index contributed by atoms with van der Waals surface area (Å²) in [7, 11) is 0. The largest absolute Gasteiger partial charge is 0.349 e. The zero-order valence-electron chi connectivity index (χ0n) is 9.29. The molecule has 0 aliphatic heterocycles. The Labute approximate surface area is 90.7 Å². The minimum Gasteiger partial charge on any atom is -0.349 e. The Balaban J connectivity index is 2.00. The number of hydrogen-bond donors (Lipinski definition) is 1. The van der Waals surface area contributed by atoms with Crippen LogP contribution >= 0.6 is 0 Å². The van der Waals surface area contributed by atoms with Crippen molar-refractivity contribution in [3.63, 3.8) is 0 Å². The van der Waals surface area contributed by atoms with Crippen LogP contribution in [0.2, 0.25) is 0 Å². The number of aryl methyl sites for hydroxylation is 1. The number of rotatable bonds is 3. The third-order valence-electron chi connectivity index (χ3n) is 2.85. The first-order valence-corrected chi connectivity index (χ1v) is 5.54. The van der Waals surface area contributed by atoms with Crippen molar-refractivity contribution < 1.29 is 4.79 Å². The fraction of sp³-hybridized carbons (Fsp3) is 0.462. The molecule has 1 amide bonds. The second kappa shape index (κ2) is 4.05. The van der Waals surface area contributed by atoms with E-state index in [4.69, 9.17) is 0 Å². The van der Waals surface area contributed by atoms with Crippen LogP contribution < -0.4 is 5.32 Å². The molecule has 2 heteroatoms. The molecule has 0 heterocycles. The molecule has 1 fully saturated rings. The Kier molecular flexibility index (Phi) is 2.76. The molecule has 0 radical (unpaired) electrons. The number of carbonyl (C=O) groups excluding carboxylic acids is 1. The van der Waals surface area contributed by atoms with E-state index < -0.39 is 0 Å². The van der Waals surface area contributed by atoms with Gasteiger partial charge in [-0.05, 0) is 32.3 Å². The maximum Gasteiger partial charge on any atom is 0.223 e. The van der Waals surface area contributed by atoms with Crippen LogP contribution in [0.5, 0.6) is 0 Å². The molecule has 0 saturated heterocycles. The van der Waals surface area contributed by atoms with Gasteiger partial charge in [-0.15, -0.1) is 0 Å². The van der Waals surface area contributed by atoms with Crippen LogP contribution in [0.25, 0.3) is 0 Å². The molecule has 2 nitrogen and oxygen atoms in total. The standard InChI is InChI=1S/C13H17NO/c1-9-4-3-5-12(8-9)10(2)14-13(15)11-6-7-11/h3-5,8,10-11H,6-7H2,1-2H3,(H,14,15)/t10-/m0/s1. The normalized spacial score (nSPS) is 17.2. The Hall–Kier alpha value is -1.31. The summed E-state index contributed by atoms with van der Waals surface area (Å²) in [5.41, 5.74) is 2.42. The predicted molar refractivity (Wildman–Crippen MR) is 60.5 cm³/mol. The highest BCUT2D eigenvalue weighted by atomic mass is 16.2. The molecule has 2 rings (SSSR count). The molecular weight excluding hydrogens is 186 g/mol. The van der Waals surface area contributed by atoms with E-state index in [1.165, 1.54) is 11.1 Å². The number of benzene rings is 1. The zero-order chi connectivity index (χ0) is 10.8. The summed E-state index contributed by atoms with van der Waals surface area (Å²) in [6.45, 7) is 4.11. The van der Waals surface area contributed by atoms with Gasteiger partial charge in [-0.1, -0.05) is 29.8 Å². The van der Waals surface area contributed by atoms with Crippen molar-refractivity contribution in [1.82, 2.24) is 5.32 Å². The zero-order valence-corrected chi connectivity index (χ0v) is 9.29. The molecular formula is C13H17NO. The highest BCUT2D eigenvalue weighted by molar-refractivity contribution is 5.81. The van der Waals surface area contributed by atoms with E-state index in [0.29, 0.717) is 0 Å². The molecule has 0 bridgehead atoms. The van der Waals surface area contributed by atoms with Gasteiger partial charge in [-0.3, -0.25) is 4.79 Å². The van der Waals surface area contributed by atoms with Crippen molar-refractivity contribution in [1.29, 1.82) is 0 Å². The molecule has 0 unspecified atom stereocenters. The fourth-order valence-corrected chi connectivity index (χ4v) is 1.70. The average Bonchev–Trinajstić information content (AvgIpc) is 3.00. The molecule has 1 aromatic carbocycles. The Morgan fingerprint density at radius 1 is 1.47 bits per heavy atom. The maximum absolute atomic E-state index is 11.6. The van der Waals surface area contributed by atoms with Crippen molar-refractivity contribution in [3.8, 4) is 0 Å². The van der Waals surface area contributed by atoms with Crippen LogP contribution in [0.4, 0.5) is 0 Å². The Bertz CT molecular complexity index is 369. The third kappa shape index (κ3) is 2.58. The molecule has 1 N–H and O–H groups in total. The molecule has 1 atom stereocenters. The molecule has 15 heavy (non-hydrogen) atoms. The lowest BCUT2D eigenvalue weighted by atomic mass is 10.1. The summed E-state index contributed by atoms with van der Waals surface area (Å²) >= 11 is 0. The Morgan fingerprint density at radius 3 is 2.80 bits per heavy atom. The molecule has 1 saturated carbocycles. The van der Waals surface area contributed by atoms with Crippen LogP contribution in [0.3, 0.4) is 0 Å². The summed E-state index contributed by atoms with van der Waals surface area (Å²) in [6, 6.07) is 8.41. The second-order valence-corrected chi connectivity index (χ2v) is 4.42. The van der Waals surface area contributed by atoms with E-state index in [2.05, 4.69) is 30.4 Å². The summed E-state index contributed by atoms with van der Waals surface area (Å²) in [6.07, 6.45) is 2.12. The molecule has 1 aliphatic rings. The number of carbonyl (C=O) groups is 1. The van der Waals surface area contributed by atoms with Crippen molar-refractivity contribution in [2.24, 2.45) is 5.92 Å². The molecule has 0 aromatic heterocycles. The van der Waals surface area contributed by atoms with E-state index in [9.17, 15) is 4.79 Å². The minimum atomic E-state index is 0.123. The first-order valence-electron chi connectivity index (χ1n) is 5.54. The second-order valence-electron chi connectivity index (χ2n) is 4.42. The van der Waals surface area contributed by atoms with Gasteiger partial charge in [0, 0.05) is 5.92 Å². The van der Waals surface area contributed by atoms with Crippen LogP contribution in [-0.2, 0) is 4.79 Å². The highest BCUT2D eigenvalue weighted by Gasteiger charge is 2.30. The lowest BCUT2D eigenvalue weighted by molar-refractivity contribution is -0.122. The number of nitrogens with one attached hydrogen (secondary N) is 1. The first-order chi connectivity index (χ1) is 7.16. The molecule has 80 valence electrons. The van der Waals surface area contributed by atoms with Crippen molar-refractivity contribution in [2.75, 3.05) is 0 Å². The summed E-state index contributed by atoms with van der Waals surface area (Å²) in [4.78, 5) is 11.6. The van der Waals surface area contributed by atoms with Gasteiger partial charge < -0.3 is 5.32 Å². The molecule has 0 spiro atoms. The SMILES string of the molecule is Cc1cccc([C@H](C)NC(=O)C2CC2)c1. The average molecular weight is 203 g/mol. The molecule has 1 aliphatic carbocycles. The van der Waals surface area contributed by atoms with Crippen LogP contribution in [0.1, 0.15) is 36.9 Å². The van der Waals surface area contributed by atoms with Gasteiger partial charge in [0.25, 0.3) is 0 Å². The smallest absolute Gasteiger partial charge is 0.223 e. The van der Waals surface area contributed by atoms with Crippen molar-refractivity contribution in [2.45, 2.75) is 32.7 Å². The number of hydrogen-bond acceptors (Lipinski definition) is 1. The summed E-state index contributed by atoms with van der Waals surface area (Å²) in [5, 5.41) is 3.05. The van der Waals surface area contributed by atoms with Crippen LogP contribution in [0.15, 0.2) is 24.3 Å². The first kappa shape index (κ1) is 10.2. The van der Waals surface area contributed by atoms with Gasteiger partial charge in [-0.2, -0.15) is 0 Å². The lowest BCUT2D eigenvalue weighted by Gasteiger charge is -2.14. The summed E-state index contributed by atoms with van der Waals surface area (Å²) in [5.74, 6) is 0.501. The Morgan fingerprint density at radius 2 is 2.20 bits per heavy atom. The van der Waals surface area contributed by atoms with Crippen LogP contribution in [0, 0.1) is 12.8 Å². The van der Waals surface area contributed by atoms with Gasteiger partial charge in [0.05, 0.1) is 6.04 Å². The van der Waals surface area contributed by atoms with Gasteiger partial charge in [0.15, 0.2) is 0 Å². The monoisotopic (exact) mass is 203 g/mol. The maximum atomic E-state index is 11.6. The van der Waals surface area contributed by atoms with E-state index in [1.54, 1.807) is 0 Å². The van der Waals surface area contributed by atoms with Crippen molar-refractivity contribution in [3.05, 3.63) is 35.4 Å². The minimum absolute atomic E-state index is 0.123. The van der Waals surface area contributed by atoms with Gasteiger partial charge in [0.2, 0.25) is 5.91 Å². The van der Waals surface area contributed by atoms with E-state index in [0.717, 1.165) is 12.8 Å². The van der Waals surface area contributed by atoms with Gasteiger partial charge >= 0.3 is 0 Å². The van der Waals surface area contributed by atoms with E-state index in [1.807, 2.05) is 13.0 Å². The lowest BCUT2D eigenvalue weighted by Crippen LogP contribution is -2.27. The summed E-state index contributed by atoms with van der Waals surface area (Å²) < 4.78 is 0.